The van der Waals surface area contributed by atoms with Gasteiger partial charge in [-0.2, -0.15) is 5.26 Å². The Morgan fingerprint density at radius 3 is 2.47 bits per heavy atom. The average molecular weight is 431 g/mol. The van der Waals surface area contributed by atoms with E-state index in [1.54, 1.807) is 48.6 Å². The fraction of sp³-hybridized carbons (Fsp3) is 0.148. The van der Waals surface area contributed by atoms with Gasteiger partial charge in [0.15, 0.2) is 11.5 Å². The van der Waals surface area contributed by atoms with Gasteiger partial charge >= 0.3 is 0 Å². The second-order valence-electron chi connectivity index (χ2n) is 7.00. The fourth-order valence-corrected chi connectivity index (χ4v) is 3.25. The van der Waals surface area contributed by atoms with Crippen molar-refractivity contribution in [1.29, 1.82) is 5.26 Å². The molecule has 0 saturated heterocycles. The van der Waals surface area contributed by atoms with Gasteiger partial charge in [-0.1, -0.05) is 36.4 Å². The Morgan fingerprint density at radius 1 is 1.06 bits per heavy atom. The van der Waals surface area contributed by atoms with Gasteiger partial charge in [0.25, 0.3) is 0 Å². The van der Waals surface area contributed by atoms with E-state index in [0.717, 1.165) is 11.1 Å². The summed E-state index contributed by atoms with van der Waals surface area (Å²) in [4.78, 5) is 0. The van der Waals surface area contributed by atoms with E-state index in [2.05, 4.69) is 12.6 Å². The normalized spacial score (nSPS) is 11.0. The second kappa shape index (κ2) is 10.9. The van der Waals surface area contributed by atoms with Crippen molar-refractivity contribution in [3.63, 3.8) is 0 Å². The molecule has 0 heterocycles. The maximum atomic E-state index is 14.2. The van der Waals surface area contributed by atoms with Crippen molar-refractivity contribution in [3.05, 3.63) is 107 Å². The summed E-state index contributed by atoms with van der Waals surface area (Å²) in [6.45, 7) is 6.32. The first-order valence-corrected chi connectivity index (χ1v) is 10.2. The molecule has 0 unspecified atom stereocenters. The molecule has 0 atom stereocenters. The Balaban J connectivity index is 2.01. The molecule has 0 N–H and O–H groups in total. The molecule has 3 aromatic rings. The number of ether oxygens (including phenoxy) is 2. The van der Waals surface area contributed by atoms with E-state index in [1.807, 2.05) is 13.0 Å². The first kappa shape index (κ1) is 22.8. The maximum absolute atomic E-state index is 14.2. The van der Waals surface area contributed by atoms with Crippen molar-refractivity contribution < 1.29 is 18.3 Å². The quantitative estimate of drug-likeness (QED) is 0.214. The van der Waals surface area contributed by atoms with Crippen LogP contribution >= 0.6 is 0 Å². The average Bonchev–Trinajstić information content (AvgIpc) is 2.79. The molecule has 0 aliphatic rings. The third kappa shape index (κ3) is 5.61. The number of rotatable bonds is 9. The van der Waals surface area contributed by atoms with Gasteiger partial charge in [0.1, 0.15) is 18.2 Å². The molecule has 0 amide bonds. The van der Waals surface area contributed by atoms with Crippen LogP contribution in [0, 0.1) is 23.0 Å². The van der Waals surface area contributed by atoms with Gasteiger partial charge < -0.3 is 9.47 Å². The number of halogens is 2. The molecule has 32 heavy (non-hydrogen) atoms. The summed E-state index contributed by atoms with van der Waals surface area (Å²) in [5.41, 5.74) is 2.74. The smallest absolute Gasteiger partial charge is 0.165 e. The van der Waals surface area contributed by atoms with Gasteiger partial charge in [-0.25, -0.2) is 8.78 Å². The molecule has 162 valence electrons. The van der Waals surface area contributed by atoms with Crippen molar-refractivity contribution in [2.45, 2.75) is 20.0 Å². The van der Waals surface area contributed by atoms with Crippen molar-refractivity contribution in [1.82, 2.24) is 0 Å². The largest absolute Gasteiger partial charge is 0.490 e. The number of allylic oxidation sites excluding steroid dienone is 2. The maximum Gasteiger partial charge on any atom is 0.165 e. The van der Waals surface area contributed by atoms with E-state index in [-0.39, 0.29) is 23.6 Å². The van der Waals surface area contributed by atoms with Crippen LogP contribution in [0.15, 0.2) is 73.3 Å². The Labute approximate surface area is 186 Å². The highest BCUT2D eigenvalue weighted by atomic mass is 19.1. The van der Waals surface area contributed by atoms with E-state index in [1.165, 1.54) is 18.2 Å². The first-order valence-electron chi connectivity index (χ1n) is 10.2. The zero-order chi connectivity index (χ0) is 22.9. The molecule has 3 rings (SSSR count). The lowest BCUT2D eigenvalue weighted by Crippen LogP contribution is -2.03. The third-order valence-corrected chi connectivity index (χ3v) is 4.71. The highest BCUT2D eigenvalue weighted by Crippen LogP contribution is 2.36. The van der Waals surface area contributed by atoms with Crippen molar-refractivity contribution in [2.75, 3.05) is 6.61 Å². The van der Waals surface area contributed by atoms with Gasteiger partial charge in [0.05, 0.1) is 18.2 Å². The molecule has 3 aromatic carbocycles. The lowest BCUT2D eigenvalue weighted by atomic mass is 10.0. The summed E-state index contributed by atoms with van der Waals surface area (Å²) in [5, 5.41) is 9.61. The monoisotopic (exact) mass is 431 g/mol. The molecule has 0 fully saturated rings. The van der Waals surface area contributed by atoms with E-state index in [9.17, 15) is 14.0 Å². The third-order valence-electron chi connectivity index (χ3n) is 4.71. The molecular weight excluding hydrogens is 408 g/mol. The summed E-state index contributed by atoms with van der Waals surface area (Å²) >= 11 is 0. The number of nitriles is 1. The second-order valence-corrected chi connectivity index (χ2v) is 7.00. The topological polar surface area (TPSA) is 42.2 Å². The van der Waals surface area contributed by atoms with Crippen LogP contribution < -0.4 is 9.47 Å². The van der Waals surface area contributed by atoms with Crippen LogP contribution in [0.4, 0.5) is 8.78 Å². The zero-order valence-corrected chi connectivity index (χ0v) is 17.8. The number of benzene rings is 3. The number of hydrogen-bond donors (Lipinski definition) is 0. The van der Waals surface area contributed by atoms with Crippen LogP contribution in [0.2, 0.25) is 0 Å². The van der Waals surface area contributed by atoms with Crippen molar-refractivity contribution in [2.24, 2.45) is 0 Å². The first-order chi connectivity index (χ1) is 15.5. The minimum absolute atomic E-state index is 0.204. The van der Waals surface area contributed by atoms with Crippen molar-refractivity contribution in [3.8, 4) is 17.6 Å². The minimum Gasteiger partial charge on any atom is -0.490 e. The van der Waals surface area contributed by atoms with Crippen LogP contribution in [0.25, 0.3) is 11.6 Å². The predicted octanol–water partition coefficient (Wildman–Crippen LogP) is 6.74. The molecule has 0 spiro atoms. The molecular formula is C27H23F2NO2. The molecule has 0 radical (unpaired) electrons. The molecule has 5 heteroatoms. The molecule has 0 aromatic heterocycles. The van der Waals surface area contributed by atoms with Gasteiger partial charge in [0, 0.05) is 11.1 Å². The van der Waals surface area contributed by atoms with E-state index in [4.69, 9.17) is 9.47 Å². The molecule has 3 nitrogen and oxygen atoms in total. The summed E-state index contributed by atoms with van der Waals surface area (Å²) in [6.07, 6.45) is 3.87. The van der Waals surface area contributed by atoms with Gasteiger partial charge in [-0.3, -0.25) is 0 Å². The van der Waals surface area contributed by atoms with Crippen LogP contribution in [-0.2, 0) is 13.0 Å². The predicted molar refractivity (Wildman–Crippen MR) is 122 cm³/mol. The van der Waals surface area contributed by atoms with Gasteiger partial charge in [-0.15, -0.1) is 6.58 Å². The minimum atomic E-state index is -0.462. The highest BCUT2D eigenvalue weighted by molar-refractivity contribution is 5.90. The molecule has 0 aliphatic carbocycles. The summed E-state index contributed by atoms with van der Waals surface area (Å²) in [7, 11) is 0. The Hall–Kier alpha value is -3.91. The lowest BCUT2D eigenvalue weighted by Gasteiger charge is -2.17. The number of hydrogen-bond acceptors (Lipinski definition) is 3. The molecule has 0 aliphatic heterocycles. The van der Waals surface area contributed by atoms with Crippen LogP contribution in [0.5, 0.6) is 11.5 Å². The highest BCUT2D eigenvalue weighted by Gasteiger charge is 2.15. The summed E-state index contributed by atoms with van der Waals surface area (Å²) < 4.78 is 39.2. The summed E-state index contributed by atoms with van der Waals surface area (Å²) in [5.74, 6) is 0.287. The zero-order valence-electron chi connectivity index (χ0n) is 17.8. The van der Waals surface area contributed by atoms with E-state index < -0.39 is 5.82 Å². The fourth-order valence-electron chi connectivity index (χ4n) is 3.25. The van der Waals surface area contributed by atoms with E-state index >= 15 is 0 Å². The van der Waals surface area contributed by atoms with Crippen LogP contribution in [-0.4, -0.2) is 6.61 Å². The molecule has 0 bridgehead atoms. The Kier molecular flexibility index (Phi) is 7.77. The standard InChI is InChI=1S/C27H23F2NO2/c1-3-7-21-14-20(15-22(17-30)24-8-5-6-9-25(24)29)16-26(31-4-2)27(21)32-18-19-10-12-23(28)13-11-19/h3,5-6,8-16H,1,4,7,18H2,2H3/b22-15-. The molecule has 0 saturated carbocycles. The SMILES string of the molecule is C=CCc1cc(/C=C(/C#N)c2ccccc2F)cc(OCC)c1OCc1ccc(F)cc1. The van der Waals surface area contributed by atoms with Crippen LogP contribution in [0.3, 0.4) is 0 Å². The Morgan fingerprint density at radius 2 is 1.81 bits per heavy atom. The number of nitrogens with zero attached hydrogens (tertiary/aromatic N) is 1. The Bertz CT molecular complexity index is 1160. The van der Waals surface area contributed by atoms with Crippen LogP contribution in [0.1, 0.15) is 29.2 Å². The van der Waals surface area contributed by atoms with Crippen molar-refractivity contribution >= 4 is 11.6 Å². The van der Waals surface area contributed by atoms with E-state index in [0.29, 0.717) is 30.1 Å². The summed E-state index contributed by atoms with van der Waals surface area (Å²) in [6, 6.07) is 17.9. The van der Waals surface area contributed by atoms with Gasteiger partial charge in [-0.05, 0) is 60.9 Å². The van der Waals surface area contributed by atoms with Gasteiger partial charge in [0.2, 0.25) is 0 Å². The lowest BCUT2D eigenvalue weighted by molar-refractivity contribution is 0.267.